The van der Waals surface area contributed by atoms with Crippen molar-refractivity contribution in [3.63, 3.8) is 0 Å². The molecule has 0 aliphatic heterocycles. The van der Waals surface area contributed by atoms with Crippen LogP contribution in [0.3, 0.4) is 0 Å². The zero-order valence-corrected chi connectivity index (χ0v) is 22.2. The number of alkyl halides is 3. The number of pyridine rings is 2. The minimum Gasteiger partial charge on any atom is -0.481 e. The van der Waals surface area contributed by atoms with Gasteiger partial charge in [0.15, 0.2) is 0 Å². The zero-order chi connectivity index (χ0) is 29.2. The average molecular weight is 552 g/mol. The smallest absolute Gasteiger partial charge is 0.405 e. The summed E-state index contributed by atoms with van der Waals surface area (Å²) in [5.41, 5.74) is 2.58. The highest BCUT2D eigenvalue weighted by molar-refractivity contribution is 5.97. The average Bonchev–Trinajstić information content (AvgIpc) is 2.91. The van der Waals surface area contributed by atoms with E-state index < -0.39 is 41.0 Å². The Morgan fingerprint density at radius 2 is 1.75 bits per heavy atom. The van der Waals surface area contributed by atoms with Crippen LogP contribution in [0.2, 0.25) is 0 Å². The van der Waals surface area contributed by atoms with Crippen molar-refractivity contribution in [1.29, 1.82) is 0 Å². The molecule has 2 heterocycles. The largest absolute Gasteiger partial charge is 0.481 e. The topological polar surface area (TPSA) is 101 Å². The van der Waals surface area contributed by atoms with Crippen molar-refractivity contribution in [2.24, 2.45) is 5.41 Å². The van der Waals surface area contributed by atoms with Crippen LogP contribution in [0.15, 0.2) is 71.8 Å². The van der Waals surface area contributed by atoms with Crippen LogP contribution < -0.4 is 10.7 Å². The summed E-state index contributed by atoms with van der Waals surface area (Å²) in [5, 5.41) is 11.3. The molecular formula is C30H28F3N3O4. The lowest BCUT2D eigenvalue weighted by Gasteiger charge is -2.19. The van der Waals surface area contributed by atoms with Crippen LogP contribution in [0.1, 0.15) is 41.8 Å². The quantitative estimate of drug-likeness (QED) is 0.293. The molecule has 2 aromatic heterocycles. The number of carboxylic acid groups (broad SMARTS) is 1. The summed E-state index contributed by atoms with van der Waals surface area (Å²) in [4.78, 5) is 41.3. The molecule has 2 N–H and O–H groups in total. The first kappa shape index (κ1) is 28.5. The molecule has 1 amide bonds. The number of nitrogens with one attached hydrogen (secondary N) is 1. The number of aliphatic carboxylic acids is 1. The molecule has 0 aliphatic carbocycles. The third kappa shape index (κ3) is 6.22. The number of aryl methyl sites for hydroxylation is 2. The number of carbonyl (C=O) groups is 2. The molecule has 40 heavy (non-hydrogen) atoms. The molecule has 0 saturated carbocycles. The monoisotopic (exact) mass is 551 g/mol. The van der Waals surface area contributed by atoms with Crippen molar-refractivity contribution in [2.45, 2.75) is 39.8 Å². The van der Waals surface area contributed by atoms with Gasteiger partial charge < -0.3 is 15.0 Å². The third-order valence-electron chi connectivity index (χ3n) is 6.85. The second kappa shape index (κ2) is 11.0. The third-order valence-corrected chi connectivity index (χ3v) is 6.85. The van der Waals surface area contributed by atoms with Crippen molar-refractivity contribution in [1.82, 2.24) is 14.9 Å². The fraction of sp³-hybridized carbons (Fsp3) is 0.267. The van der Waals surface area contributed by atoms with Crippen LogP contribution in [0.4, 0.5) is 13.2 Å². The van der Waals surface area contributed by atoms with E-state index >= 15 is 0 Å². The van der Waals surface area contributed by atoms with E-state index in [-0.39, 0.29) is 11.0 Å². The highest BCUT2D eigenvalue weighted by atomic mass is 19.4. The summed E-state index contributed by atoms with van der Waals surface area (Å²) >= 11 is 0. The van der Waals surface area contributed by atoms with Gasteiger partial charge >= 0.3 is 12.1 Å². The molecule has 0 aliphatic rings. The highest BCUT2D eigenvalue weighted by Gasteiger charge is 2.29. The molecule has 208 valence electrons. The van der Waals surface area contributed by atoms with Crippen LogP contribution in [-0.4, -0.2) is 39.3 Å². The summed E-state index contributed by atoms with van der Waals surface area (Å²) in [6, 6.07) is 16.2. The van der Waals surface area contributed by atoms with Gasteiger partial charge in [0.1, 0.15) is 17.8 Å². The van der Waals surface area contributed by atoms with Gasteiger partial charge in [0, 0.05) is 18.1 Å². The molecule has 2 aromatic carbocycles. The van der Waals surface area contributed by atoms with Crippen molar-refractivity contribution in [3.8, 4) is 16.8 Å². The second-order valence-corrected chi connectivity index (χ2v) is 10.3. The van der Waals surface area contributed by atoms with Gasteiger partial charge in [0.2, 0.25) is 5.43 Å². The molecule has 7 nitrogen and oxygen atoms in total. The van der Waals surface area contributed by atoms with Gasteiger partial charge in [-0.3, -0.25) is 14.4 Å². The van der Waals surface area contributed by atoms with E-state index in [2.05, 4.69) is 4.98 Å². The summed E-state index contributed by atoms with van der Waals surface area (Å²) in [6.07, 6.45) is -0.829. The number of carboxylic acids is 1. The van der Waals surface area contributed by atoms with Gasteiger partial charge in [-0.1, -0.05) is 30.3 Å². The molecule has 0 bridgehead atoms. The normalized spacial score (nSPS) is 11.9. The summed E-state index contributed by atoms with van der Waals surface area (Å²) in [6.45, 7) is 3.80. The van der Waals surface area contributed by atoms with Crippen LogP contribution in [0, 0.1) is 12.3 Å². The lowest BCUT2D eigenvalue weighted by Crippen LogP contribution is -2.36. The predicted octanol–water partition coefficient (Wildman–Crippen LogP) is 5.70. The Kier molecular flexibility index (Phi) is 7.81. The zero-order valence-electron chi connectivity index (χ0n) is 22.2. The fourth-order valence-electron chi connectivity index (χ4n) is 4.34. The molecular weight excluding hydrogens is 523 g/mol. The van der Waals surface area contributed by atoms with Gasteiger partial charge in [0.25, 0.3) is 5.91 Å². The Labute approximate surface area is 228 Å². The SMILES string of the molecule is Cc1cc(-c2cccc(-n3cc(C(=O)NCC(F)(F)F)c(=O)c4cccnc43)c2)ccc1CCC(C)(C)C(=O)O. The number of carbonyl (C=O) groups excluding carboxylic acids is 1. The van der Waals surface area contributed by atoms with E-state index in [1.54, 1.807) is 31.3 Å². The van der Waals surface area contributed by atoms with Gasteiger partial charge in [-0.2, -0.15) is 13.2 Å². The molecule has 0 radical (unpaired) electrons. The number of amides is 1. The Hall–Kier alpha value is -4.47. The van der Waals surface area contributed by atoms with Gasteiger partial charge in [0.05, 0.1) is 10.8 Å². The maximum atomic E-state index is 13.0. The van der Waals surface area contributed by atoms with Crippen molar-refractivity contribution in [2.75, 3.05) is 6.54 Å². The maximum absolute atomic E-state index is 13.0. The molecule has 4 rings (SSSR count). The van der Waals surface area contributed by atoms with Crippen molar-refractivity contribution in [3.05, 3.63) is 93.9 Å². The van der Waals surface area contributed by atoms with Crippen molar-refractivity contribution < 1.29 is 27.9 Å². The molecule has 10 heteroatoms. The van der Waals surface area contributed by atoms with Crippen LogP contribution in [0.5, 0.6) is 0 Å². The lowest BCUT2D eigenvalue weighted by atomic mass is 9.85. The minimum absolute atomic E-state index is 0.0945. The standard InChI is InChI=1S/C30H28F3N3O4/c1-18-14-21(10-9-19(18)11-12-29(2,3)28(39)40)20-6-4-7-22(15-20)36-16-24(27(38)35-17-30(31,32)33)25(37)23-8-5-13-34-26(23)36/h4-10,13-16H,11-12,17H2,1-3H3,(H,35,38)(H,39,40). The molecule has 0 fully saturated rings. The number of aromatic nitrogens is 2. The number of benzene rings is 2. The molecule has 0 unspecified atom stereocenters. The van der Waals surface area contributed by atoms with Crippen LogP contribution >= 0.6 is 0 Å². The maximum Gasteiger partial charge on any atom is 0.405 e. The number of rotatable bonds is 8. The number of hydrogen-bond donors (Lipinski definition) is 2. The van der Waals surface area contributed by atoms with E-state index in [9.17, 15) is 32.7 Å². The number of nitrogens with zero attached hydrogens (tertiary/aromatic N) is 2. The molecule has 0 atom stereocenters. The second-order valence-electron chi connectivity index (χ2n) is 10.3. The number of fused-ring (bicyclic) bond motifs is 1. The summed E-state index contributed by atoms with van der Waals surface area (Å²) in [5.74, 6) is -1.97. The molecule has 0 spiro atoms. The van der Waals surface area contributed by atoms with Crippen LogP contribution in [-0.2, 0) is 11.2 Å². The minimum atomic E-state index is -4.62. The first-order valence-electron chi connectivity index (χ1n) is 12.6. The first-order chi connectivity index (χ1) is 18.8. The Bertz CT molecular complexity index is 1660. The Morgan fingerprint density at radius 1 is 1.02 bits per heavy atom. The Morgan fingerprint density at radius 3 is 2.42 bits per heavy atom. The van der Waals surface area contributed by atoms with E-state index in [1.807, 2.05) is 37.3 Å². The first-order valence-corrected chi connectivity index (χ1v) is 12.6. The van der Waals surface area contributed by atoms with E-state index in [4.69, 9.17) is 0 Å². The number of halogens is 3. The van der Waals surface area contributed by atoms with E-state index in [0.29, 0.717) is 18.5 Å². The fourth-order valence-corrected chi connectivity index (χ4v) is 4.34. The summed E-state index contributed by atoms with van der Waals surface area (Å²) in [7, 11) is 0. The molecule has 4 aromatic rings. The number of hydrogen-bond acceptors (Lipinski definition) is 4. The molecule has 0 saturated heterocycles. The highest BCUT2D eigenvalue weighted by Crippen LogP contribution is 2.28. The van der Waals surface area contributed by atoms with Crippen LogP contribution in [0.25, 0.3) is 27.8 Å². The van der Waals surface area contributed by atoms with Gasteiger partial charge in [-0.15, -0.1) is 0 Å². The summed E-state index contributed by atoms with van der Waals surface area (Å²) < 4.78 is 39.6. The predicted molar refractivity (Wildman–Crippen MR) is 146 cm³/mol. The van der Waals surface area contributed by atoms with E-state index in [1.165, 1.54) is 29.1 Å². The Balaban J connectivity index is 1.72. The van der Waals surface area contributed by atoms with Gasteiger partial charge in [-0.25, -0.2) is 4.98 Å². The van der Waals surface area contributed by atoms with Crippen molar-refractivity contribution >= 4 is 22.9 Å². The van der Waals surface area contributed by atoms with Gasteiger partial charge in [-0.05, 0) is 80.1 Å². The lowest BCUT2D eigenvalue weighted by molar-refractivity contribution is -0.147. The van der Waals surface area contributed by atoms with E-state index in [0.717, 1.165) is 22.3 Å².